The molecule has 0 radical (unpaired) electrons. The molecule has 1 fully saturated rings. The van der Waals surface area contributed by atoms with Crippen LogP contribution in [0.25, 0.3) is 22.2 Å². The van der Waals surface area contributed by atoms with Crippen LogP contribution in [0.5, 0.6) is 0 Å². The van der Waals surface area contributed by atoms with Crippen LogP contribution in [0, 0.1) is 18.8 Å². The number of carbonyl (C=O) groups is 4. The zero-order valence-electron chi connectivity index (χ0n) is 23.0. The Labute approximate surface area is 247 Å². The molecule has 0 spiro atoms. The number of hydrogen-bond acceptors (Lipinski definition) is 6. The lowest BCUT2D eigenvalue weighted by Crippen LogP contribution is -2.30. The van der Waals surface area contributed by atoms with E-state index >= 15 is 0 Å². The van der Waals surface area contributed by atoms with Crippen molar-refractivity contribution in [3.05, 3.63) is 107 Å². The molecule has 7 nitrogen and oxygen atoms in total. The topological polar surface area (TPSA) is 93.6 Å². The first-order valence-electron chi connectivity index (χ1n) is 13.8. The number of nitrogens with zero attached hydrogens (tertiary/aromatic N) is 2. The van der Waals surface area contributed by atoms with Gasteiger partial charge in [-0.05, 0) is 62.6 Å². The minimum Gasteiger partial charge on any atom is -0.451 e. The molecule has 1 aliphatic carbocycles. The summed E-state index contributed by atoms with van der Waals surface area (Å²) in [5.74, 6) is -1.99. The number of halogens is 1. The molecule has 1 saturated heterocycles. The maximum absolute atomic E-state index is 13.5. The number of aromatic nitrogens is 1. The second-order valence-electron chi connectivity index (χ2n) is 10.7. The number of imide groups is 1. The minimum atomic E-state index is -1.04. The normalized spacial score (nSPS) is 18.7. The standard InChI is InChI=1S/C34H27ClN2O5/c1-19-7-5-12-25-28(34(41)42-20(2)31(38)22-8-6-9-23(35)17-22)18-29(36-30(19)25)21-13-15-24(16-14-21)37-32(39)26-10-3-4-11-27(26)33(37)40/h3-9,12-18,20,26-27H,10-11H2,1-2H3. The zero-order valence-corrected chi connectivity index (χ0v) is 23.8. The monoisotopic (exact) mass is 578 g/mol. The summed E-state index contributed by atoms with van der Waals surface area (Å²) < 4.78 is 5.64. The predicted molar refractivity (Wildman–Crippen MR) is 160 cm³/mol. The summed E-state index contributed by atoms with van der Waals surface area (Å²) in [7, 11) is 0. The molecule has 0 N–H and O–H groups in total. The highest BCUT2D eigenvalue weighted by Crippen LogP contribution is 2.38. The number of aryl methyl sites for hydroxylation is 1. The van der Waals surface area contributed by atoms with Crippen molar-refractivity contribution in [2.24, 2.45) is 11.8 Å². The smallest absolute Gasteiger partial charge is 0.339 e. The highest BCUT2D eigenvalue weighted by Gasteiger charge is 2.47. The predicted octanol–water partition coefficient (Wildman–Crippen LogP) is 6.75. The number of ketones is 1. The number of benzene rings is 3. The molecule has 4 aromatic rings. The van der Waals surface area contributed by atoms with Crippen molar-refractivity contribution >= 4 is 51.8 Å². The van der Waals surface area contributed by atoms with Crippen LogP contribution in [0.15, 0.2) is 84.9 Å². The largest absolute Gasteiger partial charge is 0.451 e. The van der Waals surface area contributed by atoms with E-state index in [4.69, 9.17) is 21.3 Å². The van der Waals surface area contributed by atoms with Crippen molar-refractivity contribution in [3.63, 3.8) is 0 Å². The van der Waals surface area contributed by atoms with E-state index in [1.165, 1.54) is 17.9 Å². The Bertz CT molecular complexity index is 1770. The number of hydrogen-bond donors (Lipinski definition) is 0. The van der Waals surface area contributed by atoms with Gasteiger partial charge in [0.1, 0.15) is 0 Å². The number of anilines is 1. The molecule has 0 bridgehead atoms. The third kappa shape index (κ3) is 4.90. The van der Waals surface area contributed by atoms with Crippen LogP contribution in [0.4, 0.5) is 5.69 Å². The molecule has 1 aliphatic heterocycles. The van der Waals surface area contributed by atoms with E-state index in [0.717, 1.165) is 5.56 Å². The first kappa shape index (κ1) is 27.5. The van der Waals surface area contributed by atoms with Crippen molar-refractivity contribution in [2.45, 2.75) is 32.8 Å². The van der Waals surface area contributed by atoms with Gasteiger partial charge in [0.2, 0.25) is 17.6 Å². The number of pyridine rings is 1. The molecular weight excluding hydrogens is 552 g/mol. The van der Waals surface area contributed by atoms with Gasteiger partial charge in [-0.2, -0.15) is 0 Å². The van der Waals surface area contributed by atoms with E-state index in [1.54, 1.807) is 54.6 Å². The fourth-order valence-corrected chi connectivity index (χ4v) is 5.89. The molecule has 1 aromatic heterocycles. The van der Waals surface area contributed by atoms with Gasteiger partial charge < -0.3 is 4.74 Å². The number of ether oxygens (including phenoxy) is 1. The van der Waals surface area contributed by atoms with Crippen molar-refractivity contribution < 1.29 is 23.9 Å². The summed E-state index contributed by atoms with van der Waals surface area (Å²) in [5.41, 5.74) is 3.83. The number of para-hydroxylation sites is 1. The van der Waals surface area contributed by atoms with Crippen molar-refractivity contribution in [3.8, 4) is 11.3 Å². The molecule has 3 unspecified atom stereocenters. The van der Waals surface area contributed by atoms with Gasteiger partial charge in [0.05, 0.1) is 34.3 Å². The van der Waals surface area contributed by atoms with Gasteiger partial charge in [-0.1, -0.05) is 66.2 Å². The molecule has 3 atom stereocenters. The Morgan fingerprint density at radius 2 is 1.60 bits per heavy atom. The summed E-state index contributed by atoms with van der Waals surface area (Å²) >= 11 is 6.04. The van der Waals surface area contributed by atoms with E-state index in [-0.39, 0.29) is 35.0 Å². The lowest BCUT2D eigenvalue weighted by molar-refractivity contribution is -0.122. The van der Waals surface area contributed by atoms with Gasteiger partial charge in [-0.3, -0.25) is 19.3 Å². The quantitative estimate of drug-likeness (QED) is 0.109. The lowest BCUT2D eigenvalue weighted by atomic mass is 9.85. The fraction of sp³-hybridized carbons (Fsp3) is 0.206. The SMILES string of the molecule is Cc1cccc2c(C(=O)OC(C)C(=O)c3cccc(Cl)c3)cc(-c3ccc(N4C(=O)C5CC=CCC5C4=O)cc3)nc12. The molecule has 2 amide bonds. The summed E-state index contributed by atoms with van der Waals surface area (Å²) in [5, 5.41) is 1.02. The number of fused-ring (bicyclic) bond motifs is 2. The van der Waals surface area contributed by atoms with Crippen LogP contribution in [0.3, 0.4) is 0 Å². The first-order valence-corrected chi connectivity index (χ1v) is 14.1. The maximum atomic E-state index is 13.5. The van der Waals surface area contributed by atoms with Gasteiger partial charge in [-0.15, -0.1) is 0 Å². The highest BCUT2D eigenvalue weighted by molar-refractivity contribution is 6.31. The summed E-state index contributed by atoms with van der Waals surface area (Å²) in [6, 6.07) is 20.7. The van der Waals surface area contributed by atoms with Crippen molar-refractivity contribution in [2.75, 3.05) is 4.90 Å². The number of carbonyl (C=O) groups excluding carboxylic acids is 4. The second kappa shape index (κ2) is 11.0. The lowest BCUT2D eigenvalue weighted by Gasteiger charge is -2.16. The van der Waals surface area contributed by atoms with Crippen molar-refractivity contribution in [1.82, 2.24) is 4.98 Å². The Balaban J connectivity index is 1.31. The number of Topliss-reactive ketones (excluding diaryl/α,β-unsaturated/α-hetero) is 1. The van der Waals surface area contributed by atoms with Crippen LogP contribution >= 0.6 is 11.6 Å². The summed E-state index contributed by atoms with van der Waals surface area (Å²) in [6.45, 7) is 3.43. The number of rotatable bonds is 6. The maximum Gasteiger partial charge on any atom is 0.339 e. The van der Waals surface area contributed by atoms with E-state index in [1.807, 2.05) is 31.2 Å². The van der Waals surface area contributed by atoms with E-state index in [9.17, 15) is 19.2 Å². The Morgan fingerprint density at radius 1 is 0.929 bits per heavy atom. The third-order valence-electron chi connectivity index (χ3n) is 7.95. The summed E-state index contributed by atoms with van der Waals surface area (Å²) in [6.07, 6.45) is 4.03. The summed E-state index contributed by atoms with van der Waals surface area (Å²) in [4.78, 5) is 58.6. The number of esters is 1. The average Bonchev–Trinajstić information content (AvgIpc) is 3.26. The van der Waals surface area contributed by atoms with E-state index < -0.39 is 12.1 Å². The molecule has 2 heterocycles. The number of amides is 2. The van der Waals surface area contributed by atoms with E-state index in [2.05, 4.69) is 0 Å². The molecular formula is C34H27ClN2O5. The van der Waals surface area contributed by atoms with E-state index in [0.29, 0.717) is 51.3 Å². The molecule has 6 rings (SSSR count). The van der Waals surface area contributed by atoms with Crippen LogP contribution in [0.2, 0.25) is 5.02 Å². The van der Waals surface area contributed by atoms with Crippen molar-refractivity contribution in [1.29, 1.82) is 0 Å². The molecule has 2 aliphatic rings. The fourth-order valence-electron chi connectivity index (χ4n) is 5.70. The Morgan fingerprint density at radius 3 is 2.26 bits per heavy atom. The molecule has 3 aromatic carbocycles. The van der Waals surface area contributed by atoms with Crippen LogP contribution in [-0.4, -0.2) is 34.7 Å². The third-order valence-corrected chi connectivity index (χ3v) is 8.19. The van der Waals surface area contributed by atoms with Crippen LogP contribution in [0.1, 0.15) is 46.0 Å². The average molecular weight is 579 g/mol. The molecule has 210 valence electrons. The van der Waals surface area contributed by atoms with Gasteiger partial charge in [-0.25, -0.2) is 9.78 Å². The van der Waals surface area contributed by atoms with Gasteiger partial charge in [0.25, 0.3) is 0 Å². The highest BCUT2D eigenvalue weighted by atomic mass is 35.5. The van der Waals surface area contributed by atoms with Crippen LogP contribution < -0.4 is 4.90 Å². The van der Waals surface area contributed by atoms with Gasteiger partial charge >= 0.3 is 5.97 Å². The second-order valence-corrected chi connectivity index (χ2v) is 11.1. The molecule has 8 heteroatoms. The first-order chi connectivity index (χ1) is 20.2. The van der Waals surface area contributed by atoms with Gasteiger partial charge in [0.15, 0.2) is 6.10 Å². The minimum absolute atomic E-state index is 0.173. The molecule has 0 saturated carbocycles. The Hall–Kier alpha value is -4.62. The van der Waals surface area contributed by atoms with Crippen LogP contribution in [-0.2, 0) is 14.3 Å². The number of allylic oxidation sites excluding steroid dienone is 2. The zero-order chi connectivity index (χ0) is 29.5. The van der Waals surface area contributed by atoms with Gasteiger partial charge in [0, 0.05) is 21.5 Å². The molecule has 42 heavy (non-hydrogen) atoms. The Kier molecular flexibility index (Phi) is 7.21.